The Morgan fingerprint density at radius 1 is 1.05 bits per heavy atom. The maximum Gasteiger partial charge on any atom is 0.416 e. The second-order valence-electron chi connectivity index (χ2n) is 4.39. The third-order valence-electron chi connectivity index (χ3n) is 2.81. The van der Waals surface area contributed by atoms with Crippen molar-refractivity contribution in [3.05, 3.63) is 71.0 Å². The Morgan fingerprint density at radius 2 is 1.71 bits per heavy atom. The Labute approximate surface area is 118 Å². The van der Waals surface area contributed by atoms with Crippen molar-refractivity contribution in [2.24, 2.45) is 0 Å². The summed E-state index contributed by atoms with van der Waals surface area (Å²) in [4.78, 5) is 11.8. The molecule has 2 nitrogen and oxygen atoms in total. The summed E-state index contributed by atoms with van der Waals surface area (Å²) >= 11 is 0. The van der Waals surface area contributed by atoms with Crippen LogP contribution in [-0.4, -0.2) is 5.91 Å². The predicted octanol–water partition coefficient (Wildman–Crippen LogP) is 3.77. The number of rotatable bonds is 3. The van der Waals surface area contributed by atoms with E-state index in [4.69, 9.17) is 0 Å². The van der Waals surface area contributed by atoms with Crippen LogP contribution in [0, 0.1) is 5.82 Å². The van der Waals surface area contributed by atoms with Crippen molar-refractivity contribution in [1.82, 2.24) is 5.32 Å². The minimum atomic E-state index is -4.42. The van der Waals surface area contributed by atoms with Crippen molar-refractivity contribution in [3.8, 4) is 0 Å². The largest absolute Gasteiger partial charge is 0.416 e. The molecule has 110 valence electrons. The summed E-state index contributed by atoms with van der Waals surface area (Å²) in [6, 6.07) is 9.59. The Morgan fingerprint density at radius 3 is 2.33 bits per heavy atom. The highest BCUT2D eigenvalue weighted by Crippen LogP contribution is 2.29. The van der Waals surface area contributed by atoms with Gasteiger partial charge in [-0.2, -0.15) is 13.2 Å². The van der Waals surface area contributed by atoms with Crippen LogP contribution in [0.5, 0.6) is 0 Å². The summed E-state index contributed by atoms with van der Waals surface area (Å²) in [7, 11) is 0. The fourth-order valence-electron chi connectivity index (χ4n) is 1.74. The topological polar surface area (TPSA) is 29.1 Å². The Bertz CT molecular complexity index is 635. The van der Waals surface area contributed by atoms with Crippen molar-refractivity contribution in [2.45, 2.75) is 12.7 Å². The van der Waals surface area contributed by atoms with Gasteiger partial charge in [-0.1, -0.05) is 12.1 Å². The molecule has 0 aliphatic rings. The number of alkyl halides is 3. The van der Waals surface area contributed by atoms with E-state index < -0.39 is 23.5 Å². The lowest BCUT2D eigenvalue weighted by molar-refractivity contribution is -0.137. The molecule has 0 aliphatic carbocycles. The minimum Gasteiger partial charge on any atom is -0.348 e. The molecule has 0 aliphatic heterocycles. The maximum absolute atomic E-state index is 12.7. The van der Waals surface area contributed by atoms with Gasteiger partial charge in [0.05, 0.1) is 5.56 Å². The van der Waals surface area contributed by atoms with Crippen LogP contribution in [0.15, 0.2) is 48.5 Å². The zero-order chi connectivity index (χ0) is 15.5. The maximum atomic E-state index is 12.7. The summed E-state index contributed by atoms with van der Waals surface area (Å²) in [6.07, 6.45) is -4.42. The van der Waals surface area contributed by atoms with Crippen LogP contribution in [0.3, 0.4) is 0 Å². The third-order valence-corrected chi connectivity index (χ3v) is 2.81. The molecule has 1 amide bonds. The van der Waals surface area contributed by atoms with E-state index in [0.29, 0.717) is 5.56 Å². The van der Waals surface area contributed by atoms with Gasteiger partial charge in [0.15, 0.2) is 0 Å². The van der Waals surface area contributed by atoms with E-state index in [9.17, 15) is 22.4 Å². The molecule has 21 heavy (non-hydrogen) atoms. The third kappa shape index (κ3) is 4.05. The van der Waals surface area contributed by atoms with Crippen molar-refractivity contribution in [2.75, 3.05) is 0 Å². The molecule has 0 fully saturated rings. The number of hydrogen-bond donors (Lipinski definition) is 1. The van der Waals surface area contributed by atoms with Gasteiger partial charge < -0.3 is 5.32 Å². The van der Waals surface area contributed by atoms with Crippen LogP contribution in [0.1, 0.15) is 21.5 Å². The van der Waals surface area contributed by atoms with Gasteiger partial charge in [-0.15, -0.1) is 0 Å². The molecule has 0 radical (unpaired) electrons. The average molecular weight is 297 g/mol. The highest BCUT2D eigenvalue weighted by Gasteiger charge is 2.30. The van der Waals surface area contributed by atoms with Crippen LogP contribution >= 0.6 is 0 Å². The standard InChI is InChI=1S/C15H11F4NO/c16-13-6-4-11(5-7-13)14(21)20-9-10-2-1-3-12(8-10)15(17,18)19/h1-8H,9H2,(H,20,21). The lowest BCUT2D eigenvalue weighted by atomic mass is 10.1. The molecule has 2 aromatic carbocycles. The molecule has 2 aromatic rings. The molecule has 0 aromatic heterocycles. The van der Waals surface area contributed by atoms with Crippen LogP contribution in [0.4, 0.5) is 17.6 Å². The first-order valence-electron chi connectivity index (χ1n) is 6.06. The molecule has 2 rings (SSSR count). The van der Waals surface area contributed by atoms with E-state index in [1.54, 1.807) is 0 Å². The van der Waals surface area contributed by atoms with Crippen LogP contribution in [0.25, 0.3) is 0 Å². The van der Waals surface area contributed by atoms with Crippen LogP contribution < -0.4 is 5.32 Å². The monoisotopic (exact) mass is 297 g/mol. The van der Waals surface area contributed by atoms with E-state index in [1.807, 2.05) is 0 Å². The Hall–Kier alpha value is -2.37. The lowest BCUT2D eigenvalue weighted by Gasteiger charge is -2.09. The van der Waals surface area contributed by atoms with Gasteiger partial charge >= 0.3 is 6.18 Å². The zero-order valence-corrected chi connectivity index (χ0v) is 10.7. The number of nitrogens with one attached hydrogen (secondary N) is 1. The highest BCUT2D eigenvalue weighted by atomic mass is 19.4. The number of carbonyl (C=O) groups excluding carboxylic acids is 1. The number of benzene rings is 2. The first-order valence-corrected chi connectivity index (χ1v) is 6.06. The van der Waals surface area contributed by atoms with Gasteiger partial charge in [-0.25, -0.2) is 4.39 Å². The molecule has 0 atom stereocenters. The fraction of sp³-hybridized carbons (Fsp3) is 0.133. The summed E-state index contributed by atoms with van der Waals surface area (Å²) in [6.45, 7) is -0.0415. The van der Waals surface area contributed by atoms with E-state index in [0.717, 1.165) is 24.3 Å². The van der Waals surface area contributed by atoms with E-state index in [-0.39, 0.29) is 12.1 Å². The van der Waals surface area contributed by atoms with Gasteiger partial charge in [0.1, 0.15) is 5.82 Å². The first kappa shape index (κ1) is 15.0. The summed E-state index contributed by atoms with van der Waals surface area (Å²) < 4.78 is 50.4. The van der Waals surface area contributed by atoms with Crippen molar-refractivity contribution >= 4 is 5.91 Å². The second kappa shape index (κ2) is 5.95. The summed E-state index contributed by atoms with van der Waals surface area (Å²) in [5.41, 5.74) is -0.195. The molecular weight excluding hydrogens is 286 g/mol. The van der Waals surface area contributed by atoms with Gasteiger partial charge in [-0.05, 0) is 42.0 Å². The number of hydrogen-bond acceptors (Lipinski definition) is 1. The number of halogens is 4. The molecule has 6 heteroatoms. The van der Waals surface area contributed by atoms with E-state index in [2.05, 4.69) is 5.32 Å². The number of amides is 1. The average Bonchev–Trinajstić information content (AvgIpc) is 2.45. The van der Waals surface area contributed by atoms with Gasteiger partial charge in [0.2, 0.25) is 0 Å². The normalized spacial score (nSPS) is 11.2. The molecule has 0 bridgehead atoms. The zero-order valence-electron chi connectivity index (χ0n) is 10.7. The molecule has 0 saturated heterocycles. The van der Waals surface area contributed by atoms with Crippen LogP contribution in [0.2, 0.25) is 0 Å². The van der Waals surface area contributed by atoms with Gasteiger partial charge in [0.25, 0.3) is 5.91 Å². The van der Waals surface area contributed by atoms with E-state index >= 15 is 0 Å². The first-order chi connectivity index (χ1) is 9.86. The van der Waals surface area contributed by atoms with E-state index in [1.165, 1.54) is 24.3 Å². The van der Waals surface area contributed by atoms with Crippen molar-refractivity contribution in [1.29, 1.82) is 0 Å². The molecule has 0 saturated carbocycles. The predicted molar refractivity (Wildman–Crippen MR) is 69.0 cm³/mol. The van der Waals surface area contributed by atoms with Gasteiger partial charge in [-0.3, -0.25) is 4.79 Å². The summed E-state index contributed by atoms with van der Waals surface area (Å²) in [5, 5.41) is 2.48. The quantitative estimate of drug-likeness (QED) is 0.858. The lowest BCUT2D eigenvalue weighted by Crippen LogP contribution is -2.23. The van der Waals surface area contributed by atoms with Crippen LogP contribution in [-0.2, 0) is 12.7 Å². The SMILES string of the molecule is O=C(NCc1cccc(C(F)(F)F)c1)c1ccc(F)cc1. The molecule has 0 unspecified atom stereocenters. The Kier molecular flexibility index (Phi) is 4.26. The van der Waals surface area contributed by atoms with Gasteiger partial charge in [0, 0.05) is 12.1 Å². The second-order valence-corrected chi connectivity index (χ2v) is 4.39. The highest BCUT2D eigenvalue weighted by molar-refractivity contribution is 5.94. The molecular formula is C15H11F4NO. The Balaban J connectivity index is 2.03. The number of carbonyl (C=O) groups is 1. The van der Waals surface area contributed by atoms with Crippen molar-refractivity contribution < 1.29 is 22.4 Å². The molecule has 1 N–H and O–H groups in total. The fourth-order valence-corrected chi connectivity index (χ4v) is 1.74. The molecule has 0 spiro atoms. The van der Waals surface area contributed by atoms with Crippen molar-refractivity contribution in [3.63, 3.8) is 0 Å². The molecule has 0 heterocycles. The smallest absolute Gasteiger partial charge is 0.348 e. The minimum absolute atomic E-state index is 0.0415. The summed E-state index contributed by atoms with van der Waals surface area (Å²) in [5.74, 6) is -0.947.